The van der Waals surface area contributed by atoms with Crippen LogP contribution >= 0.6 is 0 Å². The maximum absolute atomic E-state index is 13.1. The van der Waals surface area contributed by atoms with Gasteiger partial charge in [-0.3, -0.25) is 4.72 Å². The molecule has 0 spiro atoms. The highest BCUT2D eigenvalue weighted by Gasteiger charge is 2.16. The summed E-state index contributed by atoms with van der Waals surface area (Å²) in [6.07, 6.45) is 0. The zero-order valence-corrected chi connectivity index (χ0v) is 11.4. The van der Waals surface area contributed by atoms with Crippen LogP contribution in [0, 0.1) is 5.82 Å². The first kappa shape index (κ1) is 14.1. The summed E-state index contributed by atoms with van der Waals surface area (Å²) in [5.74, 6) is -0.178. The second-order valence-electron chi connectivity index (χ2n) is 4.02. The lowest BCUT2D eigenvalue weighted by Crippen LogP contribution is -2.14. The van der Waals surface area contributed by atoms with Crippen molar-refractivity contribution >= 4 is 21.4 Å². The number of nitrogens with one attached hydrogen (secondary N) is 1. The third-order valence-corrected chi connectivity index (χ3v) is 3.97. The molecular weight excluding hydrogens is 283 g/mol. The number of nitrogens with two attached hydrogens (primary N) is 1. The molecule has 5 nitrogen and oxygen atoms in total. The highest BCUT2D eigenvalue weighted by Crippen LogP contribution is 2.24. The van der Waals surface area contributed by atoms with E-state index in [-0.39, 0.29) is 16.3 Å². The van der Waals surface area contributed by atoms with Crippen molar-refractivity contribution in [3.8, 4) is 5.75 Å². The second kappa shape index (κ2) is 5.38. The third kappa shape index (κ3) is 3.00. The Hall–Kier alpha value is -2.28. The maximum atomic E-state index is 13.1. The number of nitrogen functional groups attached to an aromatic ring is 1. The molecule has 0 radical (unpaired) electrons. The van der Waals surface area contributed by atoms with E-state index in [0.29, 0.717) is 5.75 Å². The van der Waals surface area contributed by atoms with Crippen molar-refractivity contribution in [2.45, 2.75) is 4.90 Å². The van der Waals surface area contributed by atoms with Crippen LogP contribution < -0.4 is 15.2 Å². The summed E-state index contributed by atoms with van der Waals surface area (Å²) in [6, 6.07) is 9.39. The number of benzene rings is 2. The SMILES string of the molecule is COc1cccc(S(=O)(=O)Nc2cc(F)ccc2N)c1. The summed E-state index contributed by atoms with van der Waals surface area (Å²) in [6.45, 7) is 0. The molecule has 0 saturated carbocycles. The molecular formula is C13H13FN2O3S. The average molecular weight is 296 g/mol. The van der Waals surface area contributed by atoms with Gasteiger partial charge < -0.3 is 10.5 Å². The fraction of sp³-hybridized carbons (Fsp3) is 0.0769. The van der Waals surface area contributed by atoms with Gasteiger partial charge in [0.25, 0.3) is 10.0 Å². The van der Waals surface area contributed by atoms with E-state index in [4.69, 9.17) is 10.5 Å². The van der Waals surface area contributed by atoms with Crippen LogP contribution in [0.2, 0.25) is 0 Å². The van der Waals surface area contributed by atoms with Gasteiger partial charge in [-0.25, -0.2) is 12.8 Å². The summed E-state index contributed by atoms with van der Waals surface area (Å²) in [7, 11) is -2.43. The fourth-order valence-electron chi connectivity index (χ4n) is 1.59. The number of anilines is 2. The van der Waals surface area contributed by atoms with Gasteiger partial charge in [-0.15, -0.1) is 0 Å². The standard InChI is InChI=1S/C13H13FN2O3S/c1-19-10-3-2-4-11(8-10)20(17,18)16-13-7-9(14)5-6-12(13)15/h2-8,16H,15H2,1H3. The topological polar surface area (TPSA) is 81.4 Å². The zero-order chi connectivity index (χ0) is 14.8. The number of hydrogen-bond donors (Lipinski definition) is 2. The van der Waals surface area contributed by atoms with Crippen molar-refractivity contribution < 1.29 is 17.5 Å². The van der Waals surface area contributed by atoms with Crippen molar-refractivity contribution in [3.05, 3.63) is 48.3 Å². The van der Waals surface area contributed by atoms with Crippen LogP contribution in [-0.2, 0) is 10.0 Å². The molecule has 0 atom stereocenters. The van der Waals surface area contributed by atoms with Gasteiger partial charge in [-0.2, -0.15) is 0 Å². The molecule has 7 heteroatoms. The first-order chi connectivity index (χ1) is 9.42. The van der Waals surface area contributed by atoms with Crippen LogP contribution in [0.25, 0.3) is 0 Å². The zero-order valence-electron chi connectivity index (χ0n) is 10.6. The molecule has 0 heterocycles. The second-order valence-corrected chi connectivity index (χ2v) is 5.70. The van der Waals surface area contributed by atoms with E-state index in [1.807, 2.05) is 0 Å². The number of sulfonamides is 1. The van der Waals surface area contributed by atoms with E-state index in [0.717, 1.165) is 12.1 Å². The molecule has 20 heavy (non-hydrogen) atoms. The molecule has 2 aromatic carbocycles. The molecule has 3 N–H and O–H groups in total. The minimum absolute atomic E-state index is 0.000473. The molecule has 0 aliphatic rings. The van der Waals surface area contributed by atoms with E-state index >= 15 is 0 Å². The molecule has 0 amide bonds. The predicted molar refractivity (Wildman–Crippen MR) is 74.6 cm³/mol. The molecule has 106 valence electrons. The Bertz CT molecular complexity index is 732. The van der Waals surface area contributed by atoms with Crippen LogP contribution in [0.1, 0.15) is 0 Å². The van der Waals surface area contributed by atoms with Gasteiger partial charge in [-0.05, 0) is 24.3 Å². The van der Waals surface area contributed by atoms with Gasteiger partial charge >= 0.3 is 0 Å². The van der Waals surface area contributed by atoms with Crippen molar-refractivity contribution in [2.24, 2.45) is 0 Å². The van der Waals surface area contributed by atoms with Crippen LogP contribution in [0.3, 0.4) is 0 Å². The lowest BCUT2D eigenvalue weighted by Gasteiger charge is -2.11. The Labute approximate surface area is 116 Å². The van der Waals surface area contributed by atoms with Gasteiger partial charge in [0.2, 0.25) is 0 Å². The highest BCUT2D eigenvalue weighted by atomic mass is 32.2. The first-order valence-corrected chi connectivity index (χ1v) is 7.12. The van der Waals surface area contributed by atoms with Crippen molar-refractivity contribution in [3.63, 3.8) is 0 Å². The van der Waals surface area contributed by atoms with Crippen LogP contribution in [0.5, 0.6) is 5.75 Å². The quantitative estimate of drug-likeness (QED) is 0.848. The number of hydrogen-bond acceptors (Lipinski definition) is 4. The van der Waals surface area contributed by atoms with E-state index in [2.05, 4.69) is 4.72 Å². The van der Waals surface area contributed by atoms with Gasteiger partial charge in [0, 0.05) is 12.1 Å². The Balaban J connectivity index is 2.38. The smallest absolute Gasteiger partial charge is 0.262 e. The Morgan fingerprint density at radius 1 is 1.20 bits per heavy atom. The number of halogens is 1. The number of rotatable bonds is 4. The molecule has 2 rings (SSSR count). The van der Waals surface area contributed by atoms with Gasteiger partial charge in [-0.1, -0.05) is 6.07 Å². The third-order valence-electron chi connectivity index (χ3n) is 2.61. The summed E-state index contributed by atoms with van der Waals surface area (Å²) in [5, 5.41) is 0. The largest absolute Gasteiger partial charge is 0.497 e. The average Bonchev–Trinajstić information content (AvgIpc) is 2.43. The summed E-state index contributed by atoms with van der Waals surface area (Å²) in [5.41, 5.74) is 5.74. The van der Waals surface area contributed by atoms with E-state index in [1.54, 1.807) is 12.1 Å². The van der Waals surface area contributed by atoms with Gasteiger partial charge in [0.1, 0.15) is 11.6 Å². The molecule has 0 aromatic heterocycles. The minimum atomic E-state index is -3.86. The monoisotopic (exact) mass is 296 g/mol. The van der Waals surface area contributed by atoms with Gasteiger partial charge in [0.05, 0.1) is 23.4 Å². The lowest BCUT2D eigenvalue weighted by atomic mass is 10.3. The summed E-state index contributed by atoms with van der Waals surface area (Å²) < 4.78 is 44.7. The molecule has 0 fully saturated rings. The number of ether oxygens (including phenoxy) is 1. The normalized spacial score (nSPS) is 11.1. The van der Waals surface area contributed by atoms with Crippen molar-refractivity contribution in [1.29, 1.82) is 0 Å². The minimum Gasteiger partial charge on any atom is -0.497 e. The highest BCUT2D eigenvalue weighted by molar-refractivity contribution is 7.92. The van der Waals surface area contributed by atoms with Crippen LogP contribution in [0.4, 0.5) is 15.8 Å². The lowest BCUT2D eigenvalue weighted by molar-refractivity contribution is 0.413. The van der Waals surface area contributed by atoms with E-state index in [9.17, 15) is 12.8 Å². The Morgan fingerprint density at radius 2 is 1.95 bits per heavy atom. The molecule has 0 aliphatic heterocycles. The van der Waals surface area contributed by atoms with Gasteiger partial charge in [0.15, 0.2) is 0 Å². The molecule has 0 unspecified atom stereocenters. The molecule has 0 bridgehead atoms. The predicted octanol–water partition coefficient (Wildman–Crippen LogP) is 2.22. The molecule has 0 saturated heterocycles. The summed E-state index contributed by atoms with van der Waals surface area (Å²) >= 11 is 0. The fourth-order valence-corrected chi connectivity index (χ4v) is 2.70. The van der Waals surface area contributed by atoms with E-state index < -0.39 is 15.8 Å². The molecule has 2 aromatic rings. The van der Waals surface area contributed by atoms with E-state index in [1.165, 1.54) is 25.3 Å². The first-order valence-electron chi connectivity index (χ1n) is 5.64. The summed E-state index contributed by atoms with van der Waals surface area (Å²) in [4.78, 5) is 0.000473. The maximum Gasteiger partial charge on any atom is 0.262 e. The van der Waals surface area contributed by atoms with Crippen LogP contribution in [-0.4, -0.2) is 15.5 Å². The Kier molecular flexibility index (Phi) is 3.80. The van der Waals surface area contributed by atoms with Crippen molar-refractivity contribution in [2.75, 3.05) is 17.6 Å². The van der Waals surface area contributed by atoms with Crippen molar-refractivity contribution in [1.82, 2.24) is 0 Å². The van der Waals surface area contributed by atoms with Crippen LogP contribution in [0.15, 0.2) is 47.4 Å². The number of methoxy groups -OCH3 is 1. The Morgan fingerprint density at radius 3 is 2.65 bits per heavy atom. The molecule has 0 aliphatic carbocycles.